The number of aromatic nitrogens is 3. The number of carbonyl (C=O) groups is 1. The van der Waals surface area contributed by atoms with Gasteiger partial charge in [0.1, 0.15) is 17.7 Å². The number of rotatable bonds is 4. The van der Waals surface area contributed by atoms with Crippen LogP contribution in [-0.2, 0) is 5.54 Å². The quantitative estimate of drug-likeness (QED) is 0.802. The van der Waals surface area contributed by atoms with Gasteiger partial charge in [0, 0.05) is 18.6 Å². The first-order chi connectivity index (χ1) is 11.6. The van der Waals surface area contributed by atoms with Crippen molar-refractivity contribution >= 4 is 5.91 Å². The maximum Gasteiger partial charge on any atom is 0.253 e. The maximum atomic E-state index is 13.3. The molecule has 0 spiro atoms. The number of halogens is 1. The molecule has 3 rings (SSSR count). The van der Waals surface area contributed by atoms with E-state index in [0.29, 0.717) is 16.8 Å². The van der Waals surface area contributed by atoms with E-state index in [1.807, 2.05) is 6.92 Å². The Hall–Kier alpha value is -3.15. The van der Waals surface area contributed by atoms with Crippen molar-refractivity contribution in [2.75, 3.05) is 0 Å². The third-order valence-corrected chi connectivity index (χ3v) is 3.80. The van der Waals surface area contributed by atoms with Crippen molar-refractivity contribution in [2.24, 2.45) is 0 Å². The summed E-state index contributed by atoms with van der Waals surface area (Å²) in [6.45, 7) is 1.82. The molecule has 1 amide bonds. The highest BCUT2D eigenvalue weighted by Gasteiger charge is 2.32. The average molecular weight is 322 g/mol. The molecule has 5 nitrogen and oxygen atoms in total. The van der Waals surface area contributed by atoms with Gasteiger partial charge in [-0.05, 0) is 42.8 Å². The molecule has 3 aromatic rings. The Kier molecular flexibility index (Phi) is 4.29. The predicted molar refractivity (Wildman–Crippen MR) is 86.6 cm³/mol. The van der Waals surface area contributed by atoms with Gasteiger partial charge in [0.15, 0.2) is 0 Å². The molecule has 1 aromatic carbocycles. The average Bonchev–Trinajstić information content (AvgIpc) is 2.63. The minimum Gasteiger partial charge on any atom is -0.337 e. The Morgan fingerprint density at radius 2 is 1.88 bits per heavy atom. The molecular formula is C18H15FN4O. The third kappa shape index (κ3) is 3.12. The van der Waals surface area contributed by atoms with Crippen LogP contribution in [0.15, 0.2) is 67.4 Å². The minimum atomic E-state index is -0.941. The van der Waals surface area contributed by atoms with Gasteiger partial charge in [-0.2, -0.15) is 0 Å². The number of amides is 1. The number of pyridine rings is 1. The summed E-state index contributed by atoms with van der Waals surface area (Å²) in [5.74, 6) is -0.643. The van der Waals surface area contributed by atoms with Gasteiger partial charge in [-0.1, -0.05) is 12.1 Å². The normalized spacial score (nSPS) is 13.1. The van der Waals surface area contributed by atoms with E-state index in [2.05, 4.69) is 20.3 Å². The van der Waals surface area contributed by atoms with E-state index in [4.69, 9.17) is 0 Å². The number of hydrogen-bond donors (Lipinski definition) is 1. The first kappa shape index (κ1) is 15.7. The Balaban J connectivity index is 2.02. The van der Waals surface area contributed by atoms with Crippen molar-refractivity contribution < 1.29 is 9.18 Å². The molecule has 2 aromatic heterocycles. The summed E-state index contributed by atoms with van der Waals surface area (Å²) in [5.41, 5.74) is 0.796. The summed E-state index contributed by atoms with van der Waals surface area (Å²) in [5, 5.41) is 2.97. The van der Waals surface area contributed by atoms with E-state index in [-0.39, 0.29) is 11.7 Å². The second-order valence-electron chi connectivity index (χ2n) is 5.42. The minimum absolute atomic E-state index is 0.298. The second kappa shape index (κ2) is 6.54. The van der Waals surface area contributed by atoms with Gasteiger partial charge >= 0.3 is 0 Å². The molecule has 1 N–H and O–H groups in total. The smallest absolute Gasteiger partial charge is 0.253 e. The van der Waals surface area contributed by atoms with Crippen LogP contribution in [0.3, 0.4) is 0 Å². The third-order valence-electron chi connectivity index (χ3n) is 3.80. The molecular weight excluding hydrogens is 307 g/mol. The largest absolute Gasteiger partial charge is 0.337 e. The van der Waals surface area contributed by atoms with E-state index in [1.165, 1.54) is 24.7 Å². The number of nitrogens with one attached hydrogen (secondary N) is 1. The second-order valence-corrected chi connectivity index (χ2v) is 5.42. The monoisotopic (exact) mass is 322 g/mol. The van der Waals surface area contributed by atoms with Crippen LogP contribution in [-0.4, -0.2) is 20.9 Å². The molecule has 0 bridgehead atoms. The highest BCUT2D eigenvalue weighted by Crippen LogP contribution is 2.28. The molecule has 1 atom stereocenters. The van der Waals surface area contributed by atoms with Crippen LogP contribution in [0.2, 0.25) is 0 Å². The molecule has 0 saturated heterocycles. The lowest BCUT2D eigenvalue weighted by Gasteiger charge is -2.31. The van der Waals surface area contributed by atoms with Gasteiger partial charge in [0.05, 0.1) is 11.3 Å². The van der Waals surface area contributed by atoms with E-state index in [9.17, 15) is 9.18 Å². The highest BCUT2D eigenvalue weighted by atomic mass is 19.1. The summed E-state index contributed by atoms with van der Waals surface area (Å²) in [7, 11) is 0. The summed E-state index contributed by atoms with van der Waals surface area (Å²) in [4.78, 5) is 24.7. The Morgan fingerprint density at radius 1 is 1.08 bits per heavy atom. The Bertz CT molecular complexity index is 825. The van der Waals surface area contributed by atoms with Crippen molar-refractivity contribution in [3.05, 3.63) is 90.0 Å². The van der Waals surface area contributed by atoms with Gasteiger partial charge in [0.2, 0.25) is 0 Å². The molecule has 0 radical (unpaired) electrons. The lowest BCUT2D eigenvalue weighted by atomic mass is 9.88. The Morgan fingerprint density at radius 3 is 2.50 bits per heavy atom. The van der Waals surface area contributed by atoms with Crippen molar-refractivity contribution in [3.63, 3.8) is 0 Å². The molecule has 0 fully saturated rings. The van der Waals surface area contributed by atoms with Crippen LogP contribution < -0.4 is 5.32 Å². The van der Waals surface area contributed by atoms with Crippen molar-refractivity contribution in [1.82, 2.24) is 20.3 Å². The Labute approximate surface area is 138 Å². The van der Waals surface area contributed by atoms with Crippen LogP contribution in [0, 0.1) is 5.82 Å². The van der Waals surface area contributed by atoms with E-state index in [1.54, 1.807) is 42.7 Å². The molecule has 1 unspecified atom stereocenters. The predicted octanol–water partition coefficient (Wildman–Crippen LogP) is 2.70. The molecule has 0 aliphatic rings. The van der Waals surface area contributed by atoms with Crippen molar-refractivity contribution in [1.29, 1.82) is 0 Å². The molecule has 0 aliphatic heterocycles. The van der Waals surface area contributed by atoms with Gasteiger partial charge in [-0.3, -0.25) is 9.78 Å². The zero-order chi connectivity index (χ0) is 17.0. The maximum absolute atomic E-state index is 13.3. The van der Waals surface area contributed by atoms with Crippen LogP contribution in [0.4, 0.5) is 4.39 Å². The molecule has 0 aliphatic carbocycles. The van der Waals surface area contributed by atoms with E-state index >= 15 is 0 Å². The van der Waals surface area contributed by atoms with E-state index in [0.717, 1.165) is 0 Å². The fourth-order valence-corrected chi connectivity index (χ4v) is 2.45. The summed E-state index contributed by atoms with van der Waals surface area (Å²) in [6.07, 6.45) is 6.09. The van der Waals surface area contributed by atoms with Gasteiger partial charge < -0.3 is 5.32 Å². The van der Waals surface area contributed by atoms with Gasteiger partial charge in [-0.15, -0.1) is 0 Å². The fraction of sp³-hybridized carbons (Fsp3) is 0.111. The van der Waals surface area contributed by atoms with Crippen LogP contribution in [0.25, 0.3) is 0 Å². The number of hydrogen-bond acceptors (Lipinski definition) is 4. The topological polar surface area (TPSA) is 67.8 Å². The lowest BCUT2D eigenvalue weighted by molar-refractivity contribution is 0.0917. The molecule has 6 heteroatoms. The van der Waals surface area contributed by atoms with Gasteiger partial charge in [-0.25, -0.2) is 14.4 Å². The SMILES string of the molecule is CC(NC(=O)c1cccnc1)(c1ccc(F)cc1)c1ccncn1. The van der Waals surface area contributed by atoms with Crippen LogP contribution >= 0.6 is 0 Å². The lowest BCUT2D eigenvalue weighted by Crippen LogP contribution is -2.45. The van der Waals surface area contributed by atoms with Crippen molar-refractivity contribution in [3.8, 4) is 0 Å². The van der Waals surface area contributed by atoms with E-state index < -0.39 is 5.54 Å². The molecule has 24 heavy (non-hydrogen) atoms. The molecule has 0 saturated carbocycles. The molecule has 120 valence electrons. The van der Waals surface area contributed by atoms with Crippen molar-refractivity contribution in [2.45, 2.75) is 12.5 Å². The number of benzene rings is 1. The fourth-order valence-electron chi connectivity index (χ4n) is 2.45. The summed E-state index contributed by atoms with van der Waals surface area (Å²) < 4.78 is 13.3. The van der Waals surface area contributed by atoms with Gasteiger partial charge in [0.25, 0.3) is 5.91 Å². The summed E-state index contributed by atoms with van der Waals surface area (Å²) >= 11 is 0. The highest BCUT2D eigenvalue weighted by molar-refractivity contribution is 5.94. The first-order valence-corrected chi connectivity index (χ1v) is 7.35. The molecule has 2 heterocycles. The standard InChI is InChI=1S/C18H15FN4O/c1-18(16-8-10-21-12-22-16,14-4-6-15(19)7-5-14)23-17(24)13-3-2-9-20-11-13/h2-12H,1H3,(H,23,24). The zero-order valence-corrected chi connectivity index (χ0v) is 13.0. The van der Waals surface area contributed by atoms with Crippen LogP contribution in [0.1, 0.15) is 28.5 Å². The van der Waals surface area contributed by atoms with Crippen LogP contribution in [0.5, 0.6) is 0 Å². The summed E-state index contributed by atoms with van der Waals surface area (Å²) in [6, 6.07) is 11.0. The number of carbonyl (C=O) groups excluding carboxylic acids is 1. The zero-order valence-electron chi connectivity index (χ0n) is 13.0. The first-order valence-electron chi connectivity index (χ1n) is 7.35. The number of nitrogens with zero attached hydrogens (tertiary/aromatic N) is 3.